The van der Waals surface area contributed by atoms with Gasteiger partial charge in [0.15, 0.2) is 0 Å². The van der Waals surface area contributed by atoms with Crippen molar-refractivity contribution in [1.29, 1.82) is 0 Å². The summed E-state index contributed by atoms with van der Waals surface area (Å²) in [5.74, 6) is 0.390. The molecule has 3 rings (SSSR count). The van der Waals surface area contributed by atoms with Gasteiger partial charge < -0.3 is 15.0 Å². The van der Waals surface area contributed by atoms with Gasteiger partial charge in [-0.25, -0.2) is 4.98 Å². The number of alkyl halides is 9. The summed E-state index contributed by atoms with van der Waals surface area (Å²) in [7, 11) is 0. The third-order valence-corrected chi connectivity index (χ3v) is 7.45. The van der Waals surface area contributed by atoms with Crippen molar-refractivity contribution in [1.82, 2.24) is 10.3 Å². The molecule has 0 unspecified atom stereocenters. The van der Waals surface area contributed by atoms with E-state index < -0.39 is 41.8 Å². The maximum atomic E-state index is 13.5. The predicted molar refractivity (Wildman–Crippen MR) is 141 cm³/mol. The number of hydrogen-bond acceptors (Lipinski definition) is 5. The number of nitrogens with one attached hydrogen (secondary N) is 1. The number of halogens is 9. The lowest BCUT2D eigenvalue weighted by Crippen LogP contribution is -2.33. The van der Waals surface area contributed by atoms with Crippen LogP contribution in [0.5, 0.6) is 0 Å². The molecular formula is C29H34F9N3O2. The average Bonchev–Trinajstić information content (AvgIpc) is 2.91. The average molecular weight is 628 g/mol. The molecule has 1 aliphatic carbocycles. The Balaban J connectivity index is 1.77. The SMILES string of the molecule is CCOC(=O)CC1CCC(CN(CC)c2ncc(C(F)(F)F)cc2CNCc2cc(C(F)(F)F)cc(C(F)(F)F)c2)CC1. The molecule has 0 radical (unpaired) electrons. The number of benzene rings is 1. The quantitative estimate of drug-likeness (QED) is 0.202. The Kier molecular flexibility index (Phi) is 11.4. The number of ether oxygens (including phenoxy) is 1. The zero-order chi connectivity index (χ0) is 32.0. The van der Waals surface area contributed by atoms with Gasteiger partial charge in [0, 0.05) is 44.4 Å². The molecule has 1 N–H and O–H groups in total. The smallest absolute Gasteiger partial charge is 0.417 e. The summed E-state index contributed by atoms with van der Waals surface area (Å²) in [6, 6.07) is 2.05. The van der Waals surface area contributed by atoms with Crippen LogP contribution in [0.3, 0.4) is 0 Å². The van der Waals surface area contributed by atoms with Gasteiger partial charge >= 0.3 is 24.5 Å². The van der Waals surface area contributed by atoms with Crippen molar-refractivity contribution in [2.45, 2.75) is 77.6 Å². The summed E-state index contributed by atoms with van der Waals surface area (Å²) in [5.41, 5.74) is -4.20. The van der Waals surface area contributed by atoms with Crippen LogP contribution in [0.2, 0.25) is 0 Å². The van der Waals surface area contributed by atoms with Crippen LogP contribution < -0.4 is 10.2 Å². The molecule has 1 fully saturated rings. The molecular weight excluding hydrogens is 593 g/mol. The van der Waals surface area contributed by atoms with Crippen molar-refractivity contribution in [2.75, 3.05) is 24.6 Å². The molecule has 1 aromatic heterocycles. The first-order chi connectivity index (χ1) is 20.0. The highest BCUT2D eigenvalue weighted by Gasteiger charge is 2.37. The fourth-order valence-electron chi connectivity index (χ4n) is 5.29. The van der Waals surface area contributed by atoms with Gasteiger partial charge in [-0.15, -0.1) is 0 Å². The lowest BCUT2D eigenvalue weighted by molar-refractivity contribution is -0.145. The molecule has 0 amide bonds. The Morgan fingerprint density at radius 1 is 0.837 bits per heavy atom. The van der Waals surface area contributed by atoms with Gasteiger partial charge in [0.2, 0.25) is 0 Å². The molecule has 0 bridgehead atoms. The van der Waals surface area contributed by atoms with Gasteiger partial charge in [0.1, 0.15) is 5.82 Å². The lowest BCUT2D eigenvalue weighted by atomic mass is 9.80. The molecule has 0 atom stereocenters. The highest BCUT2D eigenvalue weighted by molar-refractivity contribution is 5.69. The molecule has 14 heteroatoms. The van der Waals surface area contributed by atoms with Crippen LogP contribution in [0.1, 0.15) is 73.8 Å². The summed E-state index contributed by atoms with van der Waals surface area (Å²) in [5, 5.41) is 2.70. The predicted octanol–water partition coefficient (Wildman–Crippen LogP) is 8.01. The Hall–Kier alpha value is -3.03. The van der Waals surface area contributed by atoms with Gasteiger partial charge in [-0.05, 0) is 81.2 Å². The van der Waals surface area contributed by atoms with Gasteiger partial charge in [0.25, 0.3) is 0 Å². The normalized spacial score (nSPS) is 18.0. The lowest BCUT2D eigenvalue weighted by Gasteiger charge is -2.33. The number of hydrogen-bond donors (Lipinski definition) is 1. The van der Waals surface area contributed by atoms with E-state index in [0.29, 0.717) is 44.4 Å². The molecule has 1 saturated carbocycles. The summed E-state index contributed by atoms with van der Waals surface area (Å²) in [6.45, 7) is 4.00. The number of aromatic nitrogens is 1. The van der Waals surface area contributed by atoms with Crippen molar-refractivity contribution >= 4 is 11.8 Å². The number of esters is 1. The zero-order valence-electron chi connectivity index (χ0n) is 23.7. The number of rotatable bonds is 11. The van der Waals surface area contributed by atoms with Crippen molar-refractivity contribution in [3.05, 3.63) is 58.3 Å². The number of nitrogens with zero attached hydrogens (tertiary/aromatic N) is 2. The molecule has 0 aliphatic heterocycles. The first-order valence-electron chi connectivity index (χ1n) is 14.0. The van der Waals surface area contributed by atoms with Crippen LogP contribution in [0.15, 0.2) is 30.5 Å². The van der Waals surface area contributed by atoms with Crippen molar-refractivity contribution in [3.8, 4) is 0 Å². The largest absolute Gasteiger partial charge is 0.466 e. The minimum Gasteiger partial charge on any atom is -0.466 e. The van der Waals surface area contributed by atoms with Crippen LogP contribution in [-0.4, -0.2) is 30.6 Å². The number of carbonyl (C=O) groups excluding carboxylic acids is 1. The number of pyridine rings is 1. The third kappa shape index (κ3) is 10.0. The molecule has 0 spiro atoms. The van der Waals surface area contributed by atoms with Crippen molar-refractivity contribution in [2.24, 2.45) is 11.8 Å². The van der Waals surface area contributed by atoms with Crippen molar-refractivity contribution in [3.63, 3.8) is 0 Å². The van der Waals surface area contributed by atoms with Gasteiger partial charge in [-0.3, -0.25) is 4.79 Å². The topological polar surface area (TPSA) is 54.5 Å². The minimum absolute atomic E-state index is 0.0156. The van der Waals surface area contributed by atoms with Gasteiger partial charge in [-0.1, -0.05) is 0 Å². The molecule has 1 aromatic carbocycles. The monoisotopic (exact) mass is 627 g/mol. The summed E-state index contributed by atoms with van der Waals surface area (Å²) in [6.07, 6.45) is -10.5. The molecule has 1 aliphatic rings. The Bertz CT molecular complexity index is 1190. The third-order valence-electron chi connectivity index (χ3n) is 7.45. The first kappa shape index (κ1) is 34.5. The van der Waals surface area contributed by atoms with E-state index in [1.165, 1.54) is 0 Å². The molecule has 240 valence electrons. The number of carbonyl (C=O) groups is 1. The highest BCUT2D eigenvalue weighted by Crippen LogP contribution is 2.37. The Morgan fingerprint density at radius 2 is 1.40 bits per heavy atom. The van der Waals surface area contributed by atoms with E-state index in [1.54, 1.807) is 6.92 Å². The fourth-order valence-corrected chi connectivity index (χ4v) is 5.29. The second-order valence-corrected chi connectivity index (χ2v) is 10.7. The molecule has 1 heterocycles. The van der Waals surface area contributed by atoms with E-state index in [2.05, 4.69) is 10.3 Å². The maximum Gasteiger partial charge on any atom is 0.417 e. The zero-order valence-corrected chi connectivity index (χ0v) is 23.7. The molecule has 2 aromatic rings. The van der Waals surface area contributed by atoms with E-state index in [9.17, 15) is 44.3 Å². The maximum absolute atomic E-state index is 13.5. The van der Waals surface area contributed by atoms with E-state index in [4.69, 9.17) is 4.74 Å². The summed E-state index contributed by atoms with van der Waals surface area (Å²) in [4.78, 5) is 17.7. The second-order valence-electron chi connectivity index (χ2n) is 10.7. The Morgan fingerprint density at radius 3 is 1.91 bits per heavy atom. The van der Waals surface area contributed by atoms with Gasteiger partial charge in [0.05, 0.1) is 23.3 Å². The van der Waals surface area contributed by atoms with Gasteiger partial charge in [-0.2, -0.15) is 39.5 Å². The molecule has 0 saturated heterocycles. The summed E-state index contributed by atoms with van der Waals surface area (Å²) >= 11 is 0. The van der Waals surface area contributed by atoms with E-state index in [1.807, 2.05) is 11.8 Å². The van der Waals surface area contributed by atoms with Crippen LogP contribution >= 0.6 is 0 Å². The van der Waals surface area contributed by atoms with E-state index in [-0.39, 0.29) is 47.4 Å². The highest BCUT2D eigenvalue weighted by atomic mass is 19.4. The van der Waals surface area contributed by atoms with E-state index in [0.717, 1.165) is 31.7 Å². The van der Waals surface area contributed by atoms with Crippen LogP contribution in [0.25, 0.3) is 0 Å². The van der Waals surface area contributed by atoms with Crippen LogP contribution in [0.4, 0.5) is 45.3 Å². The number of anilines is 1. The fraction of sp³-hybridized carbons (Fsp3) is 0.586. The van der Waals surface area contributed by atoms with Crippen LogP contribution in [-0.2, 0) is 41.1 Å². The van der Waals surface area contributed by atoms with Crippen molar-refractivity contribution < 1.29 is 49.0 Å². The molecule has 43 heavy (non-hydrogen) atoms. The standard InChI is InChI=1S/C29H34F9N3O2/c1-3-41(17-19-7-5-18(6-8-19)11-25(42)43-4-2)26-21(12-24(16-40-26)29(36,37)38)15-39-14-20-9-22(27(30,31)32)13-23(10-20)28(33,34)35/h9-10,12-13,16,18-19,39H,3-8,11,14-15,17H2,1-2H3. The van der Waals surface area contributed by atoms with E-state index >= 15 is 0 Å². The summed E-state index contributed by atoms with van der Waals surface area (Å²) < 4.78 is 125. The first-order valence-corrected chi connectivity index (χ1v) is 14.0. The van der Waals surface area contributed by atoms with Crippen LogP contribution in [0, 0.1) is 11.8 Å². The second kappa shape index (κ2) is 14.2. The molecule has 5 nitrogen and oxygen atoms in total. The minimum atomic E-state index is -5.02. The Labute approximate surface area is 243 Å².